The number of nitro groups is 1. The van der Waals surface area contributed by atoms with Gasteiger partial charge in [0.1, 0.15) is 17.8 Å². The van der Waals surface area contributed by atoms with Gasteiger partial charge in [-0.05, 0) is 43.3 Å². The van der Waals surface area contributed by atoms with Crippen molar-refractivity contribution in [2.75, 3.05) is 31.5 Å². The number of methoxy groups -OCH3 is 2. The number of carbonyl (C=O) groups is 1. The third-order valence-corrected chi connectivity index (χ3v) is 4.33. The molecule has 166 valence electrons. The lowest BCUT2D eigenvalue weighted by atomic mass is 10.2. The van der Waals surface area contributed by atoms with Crippen LogP contribution in [0.4, 0.5) is 28.7 Å². The topological polar surface area (TPSA) is 138 Å². The molecule has 11 heteroatoms. The van der Waals surface area contributed by atoms with E-state index in [9.17, 15) is 14.9 Å². The predicted octanol–water partition coefficient (Wildman–Crippen LogP) is 4.07. The number of anilines is 4. The van der Waals surface area contributed by atoms with E-state index in [1.807, 2.05) is 0 Å². The molecule has 1 aromatic heterocycles. The summed E-state index contributed by atoms with van der Waals surface area (Å²) in [5.41, 5.74) is 0.955. The van der Waals surface area contributed by atoms with Gasteiger partial charge in [0, 0.05) is 11.8 Å². The predicted molar refractivity (Wildman–Crippen MR) is 117 cm³/mol. The van der Waals surface area contributed by atoms with E-state index in [0.717, 1.165) is 0 Å². The Bertz CT molecular complexity index is 1120. The van der Waals surface area contributed by atoms with Crippen LogP contribution in [0.1, 0.15) is 17.3 Å². The van der Waals surface area contributed by atoms with Crippen molar-refractivity contribution in [2.45, 2.75) is 6.92 Å². The van der Waals surface area contributed by atoms with Crippen molar-refractivity contribution < 1.29 is 23.9 Å². The minimum absolute atomic E-state index is 0.0242. The summed E-state index contributed by atoms with van der Waals surface area (Å²) in [5, 5.41) is 17.6. The van der Waals surface area contributed by atoms with Gasteiger partial charge in [-0.3, -0.25) is 10.1 Å². The summed E-state index contributed by atoms with van der Waals surface area (Å²) in [7, 11) is 3.00. The van der Waals surface area contributed by atoms with E-state index in [1.54, 1.807) is 49.4 Å². The Labute approximate surface area is 183 Å². The van der Waals surface area contributed by atoms with Crippen molar-refractivity contribution in [1.29, 1.82) is 0 Å². The van der Waals surface area contributed by atoms with Crippen LogP contribution >= 0.6 is 0 Å². The molecule has 0 spiro atoms. The van der Waals surface area contributed by atoms with E-state index in [-0.39, 0.29) is 23.9 Å². The van der Waals surface area contributed by atoms with Gasteiger partial charge in [-0.15, -0.1) is 0 Å². The molecule has 11 nitrogen and oxygen atoms in total. The number of nitrogens with one attached hydrogen (secondary N) is 2. The van der Waals surface area contributed by atoms with Crippen LogP contribution in [0.5, 0.6) is 11.5 Å². The molecule has 2 N–H and O–H groups in total. The van der Waals surface area contributed by atoms with Gasteiger partial charge in [-0.25, -0.2) is 14.8 Å². The average Bonchev–Trinajstić information content (AvgIpc) is 2.80. The number of ether oxygens (including phenoxy) is 3. The van der Waals surface area contributed by atoms with Crippen LogP contribution in [-0.4, -0.2) is 41.7 Å². The molecule has 0 aliphatic carbocycles. The van der Waals surface area contributed by atoms with E-state index in [0.29, 0.717) is 28.4 Å². The highest BCUT2D eigenvalue weighted by Gasteiger charge is 2.24. The molecular weight excluding hydrogens is 418 g/mol. The number of hydrogen-bond donors (Lipinski definition) is 2. The van der Waals surface area contributed by atoms with Gasteiger partial charge in [0.2, 0.25) is 11.6 Å². The molecule has 3 rings (SSSR count). The van der Waals surface area contributed by atoms with Gasteiger partial charge >= 0.3 is 11.7 Å². The first-order chi connectivity index (χ1) is 15.5. The Morgan fingerprint density at radius 3 is 2.31 bits per heavy atom. The molecular formula is C21H21N5O6. The Morgan fingerprint density at radius 2 is 1.72 bits per heavy atom. The minimum atomic E-state index is -0.590. The van der Waals surface area contributed by atoms with Crippen LogP contribution in [-0.2, 0) is 4.74 Å². The summed E-state index contributed by atoms with van der Waals surface area (Å²) >= 11 is 0. The zero-order chi connectivity index (χ0) is 23.1. The molecule has 0 fully saturated rings. The molecule has 3 aromatic rings. The lowest BCUT2D eigenvalue weighted by Crippen LogP contribution is -2.07. The third kappa shape index (κ3) is 5.01. The van der Waals surface area contributed by atoms with Crippen molar-refractivity contribution in [3.05, 3.63) is 64.5 Å². The van der Waals surface area contributed by atoms with E-state index < -0.39 is 10.9 Å². The van der Waals surface area contributed by atoms with Crippen molar-refractivity contribution >= 4 is 34.7 Å². The summed E-state index contributed by atoms with van der Waals surface area (Å²) in [5.74, 6) is 0.481. The van der Waals surface area contributed by atoms with Crippen LogP contribution in [0.15, 0.2) is 48.8 Å². The summed E-state index contributed by atoms with van der Waals surface area (Å²) in [6.45, 7) is 1.98. The van der Waals surface area contributed by atoms with Crippen molar-refractivity contribution in [3.63, 3.8) is 0 Å². The largest absolute Gasteiger partial charge is 0.497 e. The molecule has 0 atom stereocenters. The molecule has 0 saturated carbocycles. The third-order valence-electron chi connectivity index (χ3n) is 4.33. The number of nitrogens with zero attached hydrogens (tertiary/aromatic N) is 3. The molecule has 0 aliphatic heterocycles. The van der Waals surface area contributed by atoms with Crippen molar-refractivity contribution in [2.24, 2.45) is 0 Å². The number of hydrogen-bond acceptors (Lipinski definition) is 10. The standard InChI is InChI=1S/C21H21N5O6/c1-4-32-21(27)13-5-7-14(8-6-13)24-19-18(26(28)29)20(23-12-22-19)25-16-10-9-15(30-2)11-17(16)31-3/h5-12H,4H2,1-3H3,(H2,22,23,24,25). The summed E-state index contributed by atoms with van der Waals surface area (Å²) in [6.07, 6.45) is 1.20. The Balaban J connectivity index is 1.90. The second-order valence-electron chi connectivity index (χ2n) is 6.29. The monoisotopic (exact) mass is 439 g/mol. The molecule has 2 aromatic carbocycles. The highest BCUT2D eigenvalue weighted by Crippen LogP contribution is 2.36. The summed E-state index contributed by atoms with van der Waals surface area (Å²) in [4.78, 5) is 31.1. The van der Waals surface area contributed by atoms with Gasteiger partial charge in [0.05, 0.1) is 37.0 Å². The lowest BCUT2D eigenvalue weighted by molar-refractivity contribution is -0.383. The summed E-state index contributed by atoms with van der Waals surface area (Å²) in [6, 6.07) is 11.3. The zero-order valence-electron chi connectivity index (χ0n) is 17.6. The van der Waals surface area contributed by atoms with Crippen molar-refractivity contribution in [3.8, 4) is 11.5 Å². The van der Waals surface area contributed by atoms with Crippen LogP contribution in [0.3, 0.4) is 0 Å². The minimum Gasteiger partial charge on any atom is -0.497 e. The molecule has 32 heavy (non-hydrogen) atoms. The summed E-state index contributed by atoms with van der Waals surface area (Å²) < 4.78 is 15.4. The first-order valence-electron chi connectivity index (χ1n) is 9.49. The van der Waals surface area contributed by atoms with Gasteiger partial charge < -0.3 is 24.8 Å². The first kappa shape index (κ1) is 22.3. The number of benzene rings is 2. The Morgan fingerprint density at radius 1 is 1.03 bits per heavy atom. The van der Waals surface area contributed by atoms with E-state index >= 15 is 0 Å². The fraction of sp³-hybridized carbons (Fsp3) is 0.190. The number of rotatable bonds is 9. The molecule has 1 heterocycles. The van der Waals surface area contributed by atoms with Gasteiger partial charge in [0.15, 0.2) is 0 Å². The average molecular weight is 439 g/mol. The fourth-order valence-corrected chi connectivity index (χ4v) is 2.80. The fourth-order valence-electron chi connectivity index (χ4n) is 2.80. The van der Waals surface area contributed by atoms with Crippen LogP contribution in [0, 0.1) is 10.1 Å². The smallest absolute Gasteiger partial charge is 0.353 e. The number of esters is 1. The van der Waals surface area contributed by atoms with Crippen LogP contribution in [0.25, 0.3) is 0 Å². The molecule has 0 bridgehead atoms. The SMILES string of the molecule is CCOC(=O)c1ccc(Nc2ncnc(Nc3ccc(OC)cc3OC)c2[N+](=O)[O-])cc1. The maximum absolute atomic E-state index is 11.8. The number of carbonyl (C=O) groups excluding carboxylic acids is 1. The lowest BCUT2D eigenvalue weighted by Gasteiger charge is -2.13. The van der Waals surface area contributed by atoms with E-state index in [4.69, 9.17) is 14.2 Å². The number of aromatic nitrogens is 2. The normalized spacial score (nSPS) is 10.2. The molecule has 0 amide bonds. The van der Waals surface area contributed by atoms with Gasteiger partial charge in [0.25, 0.3) is 0 Å². The second-order valence-corrected chi connectivity index (χ2v) is 6.29. The van der Waals surface area contributed by atoms with E-state index in [2.05, 4.69) is 20.6 Å². The van der Waals surface area contributed by atoms with Gasteiger partial charge in [-0.2, -0.15) is 0 Å². The van der Waals surface area contributed by atoms with Crippen LogP contribution in [0.2, 0.25) is 0 Å². The highest BCUT2D eigenvalue weighted by atomic mass is 16.6. The maximum atomic E-state index is 11.8. The Hall–Kier alpha value is -4.41. The highest BCUT2D eigenvalue weighted by molar-refractivity contribution is 5.90. The van der Waals surface area contributed by atoms with Crippen molar-refractivity contribution in [1.82, 2.24) is 9.97 Å². The molecule has 0 aliphatic rings. The molecule has 0 saturated heterocycles. The second kappa shape index (κ2) is 10.1. The first-order valence-corrected chi connectivity index (χ1v) is 9.49. The maximum Gasteiger partial charge on any atom is 0.353 e. The van der Waals surface area contributed by atoms with E-state index in [1.165, 1.54) is 20.5 Å². The zero-order valence-corrected chi connectivity index (χ0v) is 17.6. The van der Waals surface area contributed by atoms with Crippen LogP contribution < -0.4 is 20.1 Å². The molecule has 0 unspecified atom stereocenters. The molecule has 0 radical (unpaired) electrons. The Kier molecular flexibility index (Phi) is 7.01. The quantitative estimate of drug-likeness (QED) is 0.285. The van der Waals surface area contributed by atoms with Gasteiger partial charge in [-0.1, -0.05) is 0 Å².